The van der Waals surface area contributed by atoms with Gasteiger partial charge in [-0.05, 0) is 36.4 Å². The molecule has 0 saturated carbocycles. The van der Waals surface area contributed by atoms with Crippen molar-refractivity contribution in [2.75, 3.05) is 16.7 Å². The van der Waals surface area contributed by atoms with Gasteiger partial charge in [0.15, 0.2) is 11.6 Å². The molecule has 12 heteroatoms. The first kappa shape index (κ1) is 24.6. The maximum atomic E-state index is 15.1. The van der Waals surface area contributed by atoms with E-state index in [1.54, 1.807) is 24.3 Å². The van der Waals surface area contributed by atoms with E-state index in [1.807, 2.05) is 0 Å². The zero-order chi connectivity index (χ0) is 25.3. The van der Waals surface area contributed by atoms with Crippen LogP contribution in [0.15, 0.2) is 54.6 Å². The molecule has 0 fully saturated rings. The van der Waals surface area contributed by atoms with E-state index in [9.17, 15) is 13.2 Å². The van der Waals surface area contributed by atoms with Crippen LogP contribution >= 0.6 is 23.2 Å². The fraction of sp³-hybridized carbons (Fsp3) is 0.0870. The van der Waals surface area contributed by atoms with Gasteiger partial charge in [-0.25, -0.2) is 12.8 Å². The highest BCUT2D eigenvalue weighted by atomic mass is 35.5. The second-order valence-electron chi connectivity index (χ2n) is 7.71. The molecule has 0 atom stereocenters. The highest BCUT2D eigenvalue weighted by Gasteiger charge is 2.17. The molecule has 1 amide bonds. The summed E-state index contributed by atoms with van der Waals surface area (Å²) in [4.78, 5) is 15.6. The minimum Gasteiger partial charge on any atom is -0.453 e. The van der Waals surface area contributed by atoms with Crippen LogP contribution in [-0.2, 0) is 16.6 Å². The smallest absolute Gasteiger partial charge is 0.267 e. The second-order valence-corrected chi connectivity index (χ2v) is 10.3. The molecule has 1 aromatic heterocycles. The average molecular weight is 537 g/mol. The molecular formula is C23H19Cl2FN4O4S. The van der Waals surface area contributed by atoms with Crippen LogP contribution in [-0.4, -0.2) is 25.6 Å². The monoisotopic (exact) mass is 536 g/mol. The SMILES string of the molecule is CS(=O)(=O)Nc1ccc2cc(C(=O)NCc3ccc(Cl)c(Oc4cc(N)cc(Cl)c4)c3F)[nH]c2c1. The molecule has 0 spiro atoms. The van der Waals surface area contributed by atoms with Crippen molar-refractivity contribution in [2.45, 2.75) is 6.54 Å². The van der Waals surface area contributed by atoms with E-state index >= 15 is 4.39 Å². The van der Waals surface area contributed by atoms with Gasteiger partial charge in [0, 0.05) is 39.8 Å². The number of hydrogen-bond acceptors (Lipinski definition) is 5. The summed E-state index contributed by atoms with van der Waals surface area (Å²) in [5.41, 5.74) is 7.35. The number of rotatable bonds is 7. The van der Waals surface area contributed by atoms with Gasteiger partial charge < -0.3 is 20.8 Å². The van der Waals surface area contributed by atoms with Crippen LogP contribution in [0.1, 0.15) is 16.1 Å². The number of aromatic nitrogens is 1. The number of nitrogens with two attached hydrogens (primary N) is 1. The standard InChI is InChI=1S/C23H19Cl2FN4O4S/c1-35(32,33)30-16-4-2-12-6-20(29-19(12)10-16)23(31)28-11-13-3-5-18(25)22(21(13)26)34-17-8-14(24)7-15(27)9-17/h2-10,29-30H,11,27H2,1H3,(H,28,31). The van der Waals surface area contributed by atoms with E-state index < -0.39 is 21.7 Å². The van der Waals surface area contributed by atoms with Crippen molar-refractivity contribution < 1.29 is 22.3 Å². The van der Waals surface area contributed by atoms with Crippen molar-refractivity contribution in [3.05, 3.63) is 81.7 Å². The molecular weight excluding hydrogens is 518 g/mol. The summed E-state index contributed by atoms with van der Waals surface area (Å²) in [6.07, 6.45) is 1.04. The highest BCUT2D eigenvalue weighted by molar-refractivity contribution is 7.92. The van der Waals surface area contributed by atoms with Crippen LogP contribution < -0.4 is 20.5 Å². The number of fused-ring (bicyclic) bond motifs is 1. The molecule has 0 bridgehead atoms. The molecule has 4 aromatic rings. The summed E-state index contributed by atoms with van der Waals surface area (Å²) >= 11 is 12.1. The third-order valence-electron chi connectivity index (χ3n) is 4.85. The topological polar surface area (TPSA) is 126 Å². The fourth-order valence-corrected chi connectivity index (χ4v) is 4.34. The van der Waals surface area contributed by atoms with Crippen LogP contribution in [0, 0.1) is 5.82 Å². The van der Waals surface area contributed by atoms with Gasteiger partial charge in [0.25, 0.3) is 5.91 Å². The molecule has 35 heavy (non-hydrogen) atoms. The molecule has 0 saturated heterocycles. The summed E-state index contributed by atoms with van der Waals surface area (Å²) in [5, 5.41) is 3.68. The van der Waals surface area contributed by atoms with Crippen molar-refractivity contribution in [3.8, 4) is 11.5 Å². The van der Waals surface area contributed by atoms with Crippen LogP contribution in [0.2, 0.25) is 10.0 Å². The van der Waals surface area contributed by atoms with Gasteiger partial charge in [0.05, 0.1) is 17.0 Å². The Kier molecular flexibility index (Phi) is 6.79. The number of benzene rings is 3. The normalized spacial score (nSPS) is 11.4. The Morgan fingerprint density at radius 1 is 1.11 bits per heavy atom. The fourth-order valence-electron chi connectivity index (χ4n) is 3.36. The zero-order valence-electron chi connectivity index (χ0n) is 18.2. The van der Waals surface area contributed by atoms with Crippen molar-refractivity contribution >= 4 is 61.4 Å². The van der Waals surface area contributed by atoms with Crippen molar-refractivity contribution in [1.29, 1.82) is 0 Å². The number of anilines is 2. The van der Waals surface area contributed by atoms with Gasteiger partial charge in [-0.15, -0.1) is 0 Å². The average Bonchev–Trinajstić information content (AvgIpc) is 3.17. The van der Waals surface area contributed by atoms with E-state index in [0.717, 1.165) is 6.26 Å². The van der Waals surface area contributed by atoms with Crippen molar-refractivity contribution in [1.82, 2.24) is 10.3 Å². The molecule has 8 nitrogen and oxygen atoms in total. The highest BCUT2D eigenvalue weighted by Crippen LogP contribution is 2.35. The lowest BCUT2D eigenvalue weighted by Gasteiger charge is -2.13. The Morgan fingerprint density at radius 2 is 1.89 bits per heavy atom. The molecule has 0 radical (unpaired) electrons. The van der Waals surface area contributed by atoms with Gasteiger partial charge >= 0.3 is 0 Å². The van der Waals surface area contributed by atoms with E-state index in [4.69, 9.17) is 33.7 Å². The number of halogens is 3. The lowest BCUT2D eigenvalue weighted by molar-refractivity contribution is 0.0946. The molecule has 4 rings (SSSR count). The van der Waals surface area contributed by atoms with Crippen LogP contribution in [0.4, 0.5) is 15.8 Å². The minimum absolute atomic E-state index is 0.0326. The molecule has 0 aliphatic heterocycles. The quantitative estimate of drug-likeness (QED) is 0.239. The van der Waals surface area contributed by atoms with Gasteiger partial charge in [0.2, 0.25) is 10.0 Å². The Balaban J connectivity index is 1.50. The number of ether oxygens (including phenoxy) is 1. The first-order valence-electron chi connectivity index (χ1n) is 10.1. The van der Waals surface area contributed by atoms with Crippen molar-refractivity contribution in [3.63, 3.8) is 0 Å². The van der Waals surface area contributed by atoms with Crippen LogP contribution in [0.5, 0.6) is 11.5 Å². The number of carbonyl (C=O) groups is 1. The number of amides is 1. The Morgan fingerprint density at radius 3 is 2.60 bits per heavy atom. The maximum Gasteiger partial charge on any atom is 0.267 e. The largest absolute Gasteiger partial charge is 0.453 e. The Labute approximate surface area is 210 Å². The van der Waals surface area contributed by atoms with E-state index in [2.05, 4.69) is 15.0 Å². The van der Waals surface area contributed by atoms with Gasteiger partial charge in [-0.2, -0.15) is 0 Å². The van der Waals surface area contributed by atoms with E-state index in [0.29, 0.717) is 27.3 Å². The number of H-pyrrole nitrogens is 1. The maximum absolute atomic E-state index is 15.1. The first-order chi connectivity index (χ1) is 16.5. The predicted octanol–water partition coefficient (Wildman–Crippen LogP) is 5.29. The molecule has 0 aliphatic carbocycles. The minimum atomic E-state index is -3.44. The third kappa shape index (κ3) is 5.97. The molecule has 0 unspecified atom stereocenters. The van der Waals surface area contributed by atoms with E-state index in [1.165, 1.54) is 30.3 Å². The Bertz CT molecular complexity index is 1540. The van der Waals surface area contributed by atoms with Gasteiger partial charge in [-0.1, -0.05) is 35.3 Å². The van der Waals surface area contributed by atoms with Crippen LogP contribution in [0.25, 0.3) is 10.9 Å². The third-order valence-corrected chi connectivity index (χ3v) is 5.97. The van der Waals surface area contributed by atoms with E-state index in [-0.39, 0.29) is 34.3 Å². The number of nitrogen functional groups attached to an aromatic ring is 1. The summed E-state index contributed by atoms with van der Waals surface area (Å²) in [6, 6.07) is 13.8. The zero-order valence-corrected chi connectivity index (χ0v) is 20.5. The van der Waals surface area contributed by atoms with Gasteiger partial charge in [0.1, 0.15) is 11.4 Å². The van der Waals surface area contributed by atoms with Gasteiger partial charge in [-0.3, -0.25) is 9.52 Å². The summed E-state index contributed by atoms with van der Waals surface area (Å²) < 4.78 is 45.9. The molecule has 182 valence electrons. The number of carbonyl (C=O) groups excluding carboxylic acids is 1. The summed E-state index contributed by atoms with van der Waals surface area (Å²) in [6.45, 7) is -0.147. The molecule has 5 N–H and O–H groups in total. The van der Waals surface area contributed by atoms with Crippen LogP contribution in [0.3, 0.4) is 0 Å². The molecule has 0 aliphatic rings. The summed E-state index contributed by atoms with van der Waals surface area (Å²) in [7, 11) is -3.44. The summed E-state index contributed by atoms with van der Waals surface area (Å²) in [5.74, 6) is -1.25. The van der Waals surface area contributed by atoms with Crippen molar-refractivity contribution in [2.24, 2.45) is 0 Å². The lowest BCUT2D eigenvalue weighted by atomic mass is 10.2. The molecule has 1 heterocycles. The predicted molar refractivity (Wildman–Crippen MR) is 135 cm³/mol. The molecule has 3 aromatic carbocycles. The second kappa shape index (κ2) is 9.65. The number of hydrogen-bond donors (Lipinski definition) is 4. The lowest BCUT2D eigenvalue weighted by Crippen LogP contribution is -2.23. The number of sulfonamides is 1. The number of aromatic amines is 1. The first-order valence-corrected chi connectivity index (χ1v) is 12.7. The number of nitrogens with one attached hydrogen (secondary N) is 3. The Hall–Kier alpha value is -3.47.